The quantitative estimate of drug-likeness (QED) is 0.242. The average Bonchev–Trinajstić information content (AvgIpc) is 2.93. The van der Waals surface area contributed by atoms with Crippen molar-refractivity contribution >= 4 is 22.7 Å². The molecular weight excluding hydrogens is 448 g/mol. The molecule has 0 heterocycles. The van der Waals surface area contributed by atoms with Gasteiger partial charge in [0.05, 0.1) is 22.7 Å². The molecule has 0 fully saturated rings. The van der Waals surface area contributed by atoms with Crippen LogP contribution in [0, 0.1) is 0 Å². The minimum Gasteiger partial charge on any atom is -0.508 e. The summed E-state index contributed by atoms with van der Waals surface area (Å²) in [5.74, 6) is 0.407. The Labute approximate surface area is 208 Å². The molecule has 174 valence electrons. The number of benzene rings is 5. The number of rotatable bonds is 6. The summed E-state index contributed by atoms with van der Waals surface area (Å²) in [6.07, 6.45) is 0. The van der Waals surface area contributed by atoms with Gasteiger partial charge in [0.2, 0.25) is 0 Å². The Morgan fingerprint density at radius 2 is 0.472 bits per heavy atom. The summed E-state index contributed by atoms with van der Waals surface area (Å²) in [6.45, 7) is 0. The van der Waals surface area contributed by atoms with Gasteiger partial charge in [-0.1, -0.05) is 48.5 Å². The molecule has 0 saturated heterocycles. The van der Waals surface area contributed by atoms with E-state index in [1.807, 2.05) is 48.5 Å². The van der Waals surface area contributed by atoms with Crippen LogP contribution < -0.4 is 0 Å². The van der Waals surface area contributed by atoms with Crippen LogP contribution in [-0.2, 0) is 0 Å². The van der Waals surface area contributed by atoms with Gasteiger partial charge in [0, 0.05) is 0 Å². The van der Waals surface area contributed by atoms with Crippen molar-refractivity contribution in [1.29, 1.82) is 0 Å². The number of aromatic hydroxyl groups is 2. The lowest BCUT2D eigenvalue weighted by Gasteiger charge is -2.06. The van der Waals surface area contributed by atoms with E-state index in [1.54, 1.807) is 48.5 Å². The minimum absolute atomic E-state index is 0.203. The zero-order valence-electron chi connectivity index (χ0n) is 19.2. The predicted octanol–water partition coefficient (Wildman–Crippen LogP) is 9.26. The van der Waals surface area contributed by atoms with E-state index in [1.165, 1.54) is 0 Å². The number of hydrogen-bond acceptors (Lipinski definition) is 6. The van der Waals surface area contributed by atoms with Crippen molar-refractivity contribution in [1.82, 2.24) is 0 Å². The lowest BCUT2D eigenvalue weighted by Crippen LogP contribution is -1.80. The molecule has 6 nitrogen and oxygen atoms in total. The first-order chi connectivity index (χ1) is 17.6. The predicted molar refractivity (Wildman–Crippen MR) is 142 cm³/mol. The molecule has 5 rings (SSSR count). The van der Waals surface area contributed by atoms with Gasteiger partial charge in [-0.3, -0.25) is 0 Å². The summed E-state index contributed by atoms with van der Waals surface area (Å²) in [6, 6.07) is 37.4. The van der Waals surface area contributed by atoms with Crippen LogP contribution >= 0.6 is 0 Å². The van der Waals surface area contributed by atoms with Crippen LogP contribution in [0.25, 0.3) is 22.3 Å². The molecule has 5 aromatic rings. The molecule has 36 heavy (non-hydrogen) atoms. The summed E-state index contributed by atoms with van der Waals surface area (Å²) in [5, 5.41) is 35.6. The average molecular weight is 471 g/mol. The maximum Gasteiger partial charge on any atom is 0.115 e. The Morgan fingerprint density at radius 3 is 0.722 bits per heavy atom. The largest absolute Gasteiger partial charge is 0.508 e. The highest BCUT2D eigenvalue weighted by molar-refractivity contribution is 5.71. The van der Waals surface area contributed by atoms with E-state index in [4.69, 9.17) is 0 Å². The number of phenols is 2. The van der Waals surface area contributed by atoms with Crippen LogP contribution in [0.5, 0.6) is 11.5 Å². The molecule has 0 aliphatic carbocycles. The van der Waals surface area contributed by atoms with E-state index in [2.05, 4.69) is 44.7 Å². The van der Waals surface area contributed by atoms with Gasteiger partial charge in [0.15, 0.2) is 0 Å². The monoisotopic (exact) mass is 470 g/mol. The molecule has 0 spiro atoms. The first-order valence-corrected chi connectivity index (χ1v) is 11.3. The fourth-order valence-electron chi connectivity index (χ4n) is 3.57. The Morgan fingerprint density at radius 1 is 0.278 bits per heavy atom. The van der Waals surface area contributed by atoms with Gasteiger partial charge in [-0.2, -0.15) is 20.5 Å². The fourth-order valence-corrected chi connectivity index (χ4v) is 3.57. The smallest absolute Gasteiger partial charge is 0.115 e. The van der Waals surface area contributed by atoms with Crippen LogP contribution in [0.4, 0.5) is 22.7 Å². The third kappa shape index (κ3) is 5.69. The van der Waals surface area contributed by atoms with Crippen molar-refractivity contribution < 1.29 is 10.2 Å². The van der Waals surface area contributed by atoms with Gasteiger partial charge in [0.1, 0.15) is 11.5 Å². The first kappa shape index (κ1) is 22.7. The van der Waals surface area contributed by atoms with E-state index >= 15 is 0 Å². The Bertz CT molecular complexity index is 1370. The van der Waals surface area contributed by atoms with Crippen LogP contribution in [0.2, 0.25) is 0 Å². The normalized spacial score (nSPS) is 11.3. The molecule has 0 saturated carbocycles. The third-order valence-electron chi connectivity index (χ3n) is 5.55. The summed E-state index contributed by atoms with van der Waals surface area (Å²) in [7, 11) is 0. The highest BCUT2D eigenvalue weighted by Crippen LogP contribution is 2.29. The summed E-state index contributed by atoms with van der Waals surface area (Å²) < 4.78 is 0. The van der Waals surface area contributed by atoms with Crippen molar-refractivity contribution in [3.8, 4) is 33.8 Å². The zero-order valence-corrected chi connectivity index (χ0v) is 19.2. The van der Waals surface area contributed by atoms with Crippen molar-refractivity contribution in [2.45, 2.75) is 0 Å². The Hall–Kier alpha value is -5.10. The molecule has 0 aliphatic heterocycles. The van der Waals surface area contributed by atoms with Crippen molar-refractivity contribution in [3.05, 3.63) is 121 Å². The van der Waals surface area contributed by atoms with Gasteiger partial charge < -0.3 is 10.2 Å². The van der Waals surface area contributed by atoms with Gasteiger partial charge in [0.25, 0.3) is 0 Å². The lowest BCUT2D eigenvalue weighted by molar-refractivity contribution is 0.475. The molecule has 5 aromatic carbocycles. The Kier molecular flexibility index (Phi) is 6.58. The molecule has 2 N–H and O–H groups in total. The van der Waals surface area contributed by atoms with E-state index in [0.717, 1.165) is 33.6 Å². The number of nitrogens with zero attached hydrogens (tertiary/aromatic N) is 4. The fraction of sp³-hybridized carbons (Fsp3) is 0. The lowest BCUT2D eigenvalue weighted by atomic mass is 10.00. The van der Waals surface area contributed by atoms with Crippen molar-refractivity contribution in [3.63, 3.8) is 0 Å². The summed E-state index contributed by atoms with van der Waals surface area (Å²) in [5.41, 5.74) is 7.28. The van der Waals surface area contributed by atoms with E-state index in [9.17, 15) is 10.2 Å². The molecule has 0 radical (unpaired) electrons. The second-order valence-corrected chi connectivity index (χ2v) is 8.10. The van der Waals surface area contributed by atoms with Crippen molar-refractivity contribution in [2.24, 2.45) is 20.5 Å². The zero-order chi connectivity index (χ0) is 24.7. The maximum atomic E-state index is 9.35. The second kappa shape index (κ2) is 10.4. The topological polar surface area (TPSA) is 89.9 Å². The van der Waals surface area contributed by atoms with Gasteiger partial charge in [-0.25, -0.2) is 0 Å². The maximum absolute atomic E-state index is 9.35. The van der Waals surface area contributed by atoms with E-state index in [-0.39, 0.29) is 11.5 Å². The van der Waals surface area contributed by atoms with E-state index < -0.39 is 0 Å². The standard InChI is InChI=1S/C30H22N4O2/c35-29-17-13-27(14-18-29)33-31-25-9-5-23(6-10-25)21-1-2-22(4-3-21)24-7-11-26(12-8-24)32-34-28-15-19-30(36)20-16-28/h1-20,35-36H/b33-31+,34-32+. The van der Waals surface area contributed by atoms with Crippen LogP contribution in [-0.4, -0.2) is 10.2 Å². The Balaban J connectivity index is 1.24. The summed E-state index contributed by atoms with van der Waals surface area (Å²) in [4.78, 5) is 0. The molecule has 0 aromatic heterocycles. The van der Waals surface area contributed by atoms with Gasteiger partial charge in [-0.15, -0.1) is 0 Å². The molecule has 0 aliphatic rings. The minimum atomic E-state index is 0.203. The SMILES string of the molecule is Oc1ccc(/N=N/c2ccc(-c3ccc(-c4ccc(/N=N/c5ccc(O)cc5)cc4)cc3)cc2)cc1. The third-order valence-corrected chi connectivity index (χ3v) is 5.55. The molecule has 0 unspecified atom stereocenters. The highest BCUT2D eigenvalue weighted by atomic mass is 16.3. The summed E-state index contributed by atoms with van der Waals surface area (Å²) >= 11 is 0. The second-order valence-electron chi connectivity index (χ2n) is 8.10. The molecule has 0 amide bonds. The number of azo groups is 2. The molecule has 0 bridgehead atoms. The van der Waals surface area contributed by atoms with Gasteiger partial charge in [-0.05, 0) is 95.1 Å². The molecule has 6 heteroatoms. The number of hydrogen-bond donors (Lipinski definition) is 2. The molecular formula is C30H22N4O2. The van der Waals surface area contributed by atoms with Gasteiger partial charge >= 0.3 is 0 Å². The van der Waals surface area contributed by atoms with Crippen LogP contribution in [0.15, 0.2) is 142 Å². The van der Waals surface area contributed by atoms with E-state index in [0.29, 0.717) is 11.4 Å². The first-order valence-electron chi connectivity index (χ1n) is 11.3. The number of phenolic OH excluding ortho intramolecular Hbond substituents is 2. The van der Waals surface area contributed by atoms with Crippen LogP contribution in [0.1, 0.15) is 0 Å². The van der Waals surface area contributed by atoms with Crippen LogP contribution in [0.3, 0.4) is 0 Å². The highest BCUT2D eigenvalue weighted by Gasteiger charge is 2.02. The van der Waals surface area contributed by atoms with Crippen molar-refractivity contribution in [2.75, 3.05) is 0 Å². The molecule has 0 atom stereocenters.